The van der Waals surface area contributed by atoms with E-state index < -0.39 is 0 Å². The van der Waals surface area contributed by atoms with E-state index in [9.17, 15) is 0 Å². The SMILES string of the molecule is Nc1ccnc(Sc2ncccc2Br)n1. The normalized spacial score (nSPS) is 10.2. The van der Waals surface area contributed by atoms with Crippen molar-refractivity contribution in [2.24, 2.45) is 0 Å². The Morgan fingerprint density at radius 3 is 2.80 bits per heavy atom. The third kappa shape index (κ3) is 2.66. The molecule has 0 saturated heterocycles. The van der Waals surface area contributed by atoms with Crippen LogP contribution in [-0.4, -0.2) is 15.0 Å². The predicted molar refractivity (Wildman–Crippen MR) is 62.5 cm³/mol. The van der Waals surface area contributed by atoms with Gasteiger partial charge >= 0.3 is 0 Å². The van der Waals surface area contributed by atoms with E-state index in [2.05, 4.69) is 30.9 Å². The summed E-state index contributed by atoms with van der Waals surface area (Å²) in [5.74, 6) is 0.458. The van der Waals surface area contributed by atoms with Gasteiger partial charge in [-0.3, -0.25) is 0 Å². The highest BCUT2D eigenvalue weighted by molar-refractivity contribution is 9.10. The molecule has 0 saturated carbocycles. The van der Waals surface area contributed by atoms with Crippen LogP contribution in [-0.2, 0) is 0 Å². The summed E-state index contributed by atoms with van der Waals surface area (Å²) in [5.41, 5.74) is 5.55. The average molecular weight is 283 g/mol. The van der Waals surface area contributed by atoms with Crippen molar-refractivity contribution in [3.63, 3.8) is 0 Å². The van der Waals surface area contributed by atoms with Crippen LogP contribution in [0.3, 0.4) is 0 Å². The zero-order valence-electron chi connectivity index (χ0n) is 7.59. The molecule has 0 unspecified atom stereocenters. The van der Waals surface area contributed by atoms with Crippen LogP contribution >= 0.6 is 27.7 Å². The van der Waals surface area contributed by atoms with Crippen LogP contribution in [0, 0.1) is 0 Å². The molecule has 0 bridgehead atoms. The van der Waals surface area contributed by atoms with E-state index in [4.69, 9.17) is 5.73 Å². The molecule has 2 aromatic rings. The summed E-state index contributed by atoms with van der Waals surface area (Å²) in [6.45, 7) is 0. The van der Waals surface area contributed by atoms with Gasteiger partial charge in [0.15, 0.2) is 5.16 Å². The van der Waals surface area contributed by atoms with Gasteiger partial charge < -0.3 is 5.73 Å². The standard InChI is InChI=1S/C9H7BrN4S/c10-6-2-1-4-12-8(6)15-9-13-5-3-7(11)14-9/h1-5H,(H2,11,13,14). The van der Waals surface area contributed by atoms with Crippen LogP contribution in [0.5, 0.6) is 0 Å². The van der Waals surface area contributed by atoms with E-state index >= 15 is 0 Å². The van der Waals surface area contributed by atoms with E-state index in [1.807, 2.05) is 12.1 Å². The highest BCUT2D eigenvalue weighted by Crippen LogP contribution is 2.28. The maximum Gasteiger partial charge on any atom is 0.195 e. The Hall–Kier alpha value is -1.14. The van der Waals surface area contributed by atoms with Gasteiger partial charge in [-0.25, -0.2) is 15.0 Å². The third-order valence-electron chi connectivity index (χ3n) is 1.57. The molecule has 15 heavy (non-hydrogen) atoms. The van der Waals surface area contributed by atoms with Crippen molar-refractivity contribution in [2.45, 2.75) is 10.2 Å². The number of nitrogens with zero attached hydrogens (tertiary/aromatic N) is 3. The smallest absolute Gasteiger partial charge is 0.195 e. The highest BCUT2D eigenvalue weighted by atomic mass is 79.9. The van der Waals surface area contributed by atoms with Crippen molar-refractivity contribution >= 4 is 33.5 Å². The van der Waals surface area contributed by atoms with Crippen molar-refractivity contribution in [1.82, 2.24) is 15.0 Å². The number of anilines is 1. The Balaban J connectivity index is 2.26. The molecule has 2 N–H and O–H groups in total. The molecular weight excluding hydrogens is 276 g/mol. The second kappa shape index (κ2) is 4.59. The van der Waals surface area contributed by atoms with Crippen molar-refractivity contribution in [1.29, 1.82) is 0 Å². The molecule has 2 rings (SSSR count). The Labute approximate surface area is 99.5 Å². The quantitative estimate of drug-likeness (QED) is 0.857. The number of hydrogen-bond acceptors (Lipinski definition) is 5. The predicted octanol–water partition coefficient (Wildman–Crippen LogP) is 2.37. The van der Waals surface area contributed by atoms with Crippen molar-refractivity contribution in [2.75, 3.05) is 5.73 Å². The third-order valence-corrected chi connectivity index (χ3v) is 3.37. The molecule has 0 aliphatic rings. The molecular formula is C9H7BrN4S. The van der Waals surface area contributed by atoms with Gasteiger partial charge in [0.25, 0.3) is 0 Å². The van der Waals surface area contributed by atoms with E-state index in [-0.39, 0.29) is 0 Å². The molecule has 0 amide bonds. The van der Waals surface area contributed by atoms with Crippen LogP contribution in [0.1, 0.15) is 0 Å². The summed E-state index contributed by atoms with van der Waals surface area (Å²) in [4.78, 5) is 12.4. The Morgan fingerprint density at radius 2 is 2.07 bits per heavy atom. The molecule has 0 spiro atoms. The number of halogens is 1. The van der Waals surface area contributed by atoms with Gasteiger partial charge in [0.1, 0.15) is 10.8 Å². The summed E-state index contributed by atoms with van der Waals surface area (Å²) >= 11 is 4.77. The second-order valence-electron chi connectivity index (χ2n) is 2.66. The number of pyridine rings is 1. The molecule has 0 fully saturated rings. The minimum atomic E-state index is 0.458. The lowest BCUT2D eigenvalue weighted by Crippen LogP contribution is -1.93. The molecule has 4 nitrogen and oxygen atoms in total. The second-order valence-corrected chi connectivity index (χ2v) is 4.47. The van der Waals surface area contributed by atoms with Gasteiger partial charge in [0, 0.05) is 12.4 Å². The van der Waals surface area contributed by atoms with Crippen molar-refractivity contribution < 1.29 is 0 Å². The minimum Gasteiger partial charge on any atom is -0.384 e. The molecule has 0 aliphatic carbocycles. The topological polar surface area (TPSA) is 64.7 Å². The van der Waals surface area contributed by atoms with Gasteiger partial charge in [0.2, 0.25) is 0 Å². The summed E-state index contributed by atoms with van der Waals surface area (Å²) in [6.07, 6.45) is 3.35. The highest BCUT2D eigenvalue weighted by Gasteiger charge is 2.05. The zero-order valence-corrected chi connectivity index (χ0v) is 9.99. The number of nitrogen functional groups attached to an aromatic ring is 1. The molecule has 2 aromatic heterocycles. The van der Waals surface area contributed by atoms with E-state index in [1.165, 1.54) is 11.8 Å². The summed E-state index contributed by atoms with van der Waals surface area (Å²) in [7, 11) is 0. The molecule has 6 heteroatoms. The van der Waals surface area contributed by atoms with Crippen LogP contribution in [0.25, 0.3) is 0 Å². The first kappa shape index (κ1) is 10.4. The Bertz CT molecular complexity index is 477. The van der Waals surface area contributed by atoms with Gasteiger partial charge in [-0.15, -0.1) is 0 Å². The van der Waals surface area contributed by atoms with E-state index in [0.29, 0.717) is 11.0 Å². The number of hydrogen-bond donors (Lipinski definition) is 1. The fraction of sp³-hybridized carbons (Fsp3) is 0. The molecule has 2 heterocycles. The first-order chi connectivity index (χ1) is 7.25. The Kier molecular flexibility index (Phi) is 3.17. The maximum atomic E-state index is 5.55. The summed E-state index contributed by atoms with van der Waals surface area (Å²) in [6, 6.07) is 5.42. The molecule has 76 valence electrons. The Morgan fingerprint density at radius 1 is 1.20 bits per heavy atom. The lowest BCUT2D eigenvalue weighted by atomic mass is 10.5. The molecule has 0 aromatic carbocycles. The fourth-order valence-electron chi connectivity index (χ4n) is 0.936. The van der Waals surface area contributed by atoms with Crippen molar-refractivity contribution in [3.8, 4) is 0 Å². The van der Waals surface area contributed by atoms with Gasteiger partial charge in [-0.1, -0.05) is 0 Å². The number of nitrogens with two attached hydrogens (primary N) is 1. The maximum absolute atomic E-state index is 5.55. The lowest BCUT2D eigenvalue weighted by Gasteiger charge is -2.01. The number of aromatic nitrogens is 3. The molecule has 0 atom stereocenters. The first-order valence-corrected chi connectivity index (χ1v) is 5.73. The molecule has 0 aliphatic heterocycles. The van der Waals surface area contributed by atoms with Crippen LogP contribution in [0.2, 0.25) is 0 Å². The lowest BCUT2D eigenvalue weighted by molar-refractivity contribution is 0.966. The fourth-order valence-corrected chi connectivity index (χ4v) is 2.15. The van der Waals surface area contributed by atoms with Crippen LogP contribution in [0.15, 0.2) is 45.2 Å². The summed E-state index contributed by atoms with van der Waals surface area (Å²) < 4.78 is 0.918. The first-order valence-electron chi connectivity index (χ1n) is 4.12. The van der Waals surface area contributed by atoms with Crippen molar-refractivity contribution in [3.05, 3.63) is 35.1 Å². The van der Waals surface area contributed by atoms with Gasteiger partial charge in [-0.05, 0) is 45.9 Å². The summed E-state index contributed by atoms with van der Waals surface area (Å²) in [5, 5.41) is 1.41. The van der Waals surface area contributed by atoms with Crippen LogP contribution in [0.4, 0.5) is 5.82 Å². The largest absolute Gasteiger partial charge is 0.384 e. The van der Waals surface area contributed by atoms with E-state index in [0.717, 1.165) is 9.50 Å². The minimum absolute atomic E-state index is 0.458. The number of rotatable bonds is 2. The zero-order chi connectivity index (χ0) is 10.7. The molecule has 0 radical (unpaired) electrons. The van der Waals surface area contributed by atoms with Gasteiger partial charge in [-0.2, -0.15) is 0 Å². The van der Waals surface area contributed by atoms with E-state index in [1.54, 1.807) is 18.5 Å². The monoisotopic (exact) mass is 282 g/mol. The average Bonchev–Trinajstić information content (AvgIpc) is 2.22. The van der Waals surface area contributed by atoms with Crippen LogP contribution < -0.4 is 5.73 Å². The van der Waals surface area contributed by atoms with Gasteiger partial charge in [0.05, 0.1) is 4.47 Å².